The number of hydrogen-bond donors (Lipinski definition) is 2. The van der Waals surface area contributed by atoms with Crippen molar-refractivity contribution in [2.45, 2.75) is 4.90 Å². The number of ether oxygens (including phenoxy) is 3. The van der Waals surface area contributed by atoms with E-state index in [1.165, 1.54) is 11.8 Å². The molecule has 8 heteroatoms. The van der Waals surface area contributed by atoms with Gasteiger partial charge in [0.05, 0.1) is 17.9 Å². The van der Waals surface area contributed by atoms with Gasteiger partial charge in [0.25, 0.3) is 5.91 Å². The molecule has 0 aliphatic carbocycles. The Balaban J connectivity index is 1.63. The van der Waals surface area contributed by atoms with E-state index in [9.17, 15) is 9.59 Å². The van der Waals surface area contributed by atoms with E-state index in [1.807, 2.05) is 12.1 Å². The minimum Gasteiger partial charge on any atom is -0.486 e. The Kier molecular flexibility index (Phi) is 7.16. The Morgan fingerprint density at radius 3 is 2.71 bits per heavy atom. The molecule has 1 heterocycles. The molecule has 28 heavy (non-hydrogen) atoms. The summed E-state index contributed by atoms with van der Waals surface area (Å²) in [6, 6.07) is 12.5. The molecule has 0 aromatic heterocycles. The smallest absolute Gasteiger partial charge is 0.256 e. The van der Waals surface area contributed by atoms with Crippen LogP contribution in [0.5, 0.6) is 11.5 Å². The number of nitrogens with one attached hydrogen (secondary N) is 2. The minimum absolute atomic E-state index is 0.107. The van der Waals surface area contributed by atoms with Crippen molar-refractivity contribution in [3.05, 3.63) is 48.0 Å². The van der Waals surface area contributed by atoms with E-state index in [1.54, 1.807) is 37.4 Å². The van der Waals surface area contributed by atoms with Crippen LogP contribution in [0.15, 0.2) is 47.4 Å². The van der Waals surface area contributed by atoms with Crippen LogP contribution in [0, 0.1) is 0 Å². The molecule has 0 spiro atoms. The van der Waals surface area contributed by atoms with E-state index >= 15 is 0 Å². The van der Waals surface area contributed by atoms with Crippen LogP contribution in [0.4, 0.5) is 5.69 Å². The summed E-state index contributed by atoms with van der Waals surface area (Å²) in [6.45, 7) is 1.92. The lowest BCUT2D eigenvalue weighted by Gasteiger charge is -2.19. The Hall–Kier alpha value is -2.71. The summed E-state index contributed by atoms with van der Waals surface area (Å²) in [5.41, 5.74) is 1.12. The third kappa shape index (κ3) is 5.40. The molecule has 2 aromatic rings. The second-order valence-electron chi connectivity index (χ2n) is 5.94. The van der Waals surface area contributed by atoms with Gasteiger partial charge in [0, 0.05) is 30.3 Å². The monoisotopic (exact) mass is 402 g/mol. The predicted octanol–water partition coefficient (Wildman–Crippen LogP) is 2.56. The standard InChI is InChI=1S/C20H22N2O5S/c1-25-9-8-21-19(23)13-28-18-5-3-2-4-15(18)20(24)22-14-6-7-16-17(12-14)27-11-10-26-16/h2-7,12H,8-11,13H2,1H3,(H,21,23)(H,22,24). The van der Waals surface area contributed by atoms with Gasteiger partial charge in [-0.25, -0.2) is 0 Å². The van der Waals surface area contributed by atoms with Crippen molar-refractivity contribution in [2.24, 2.45) is 0 Å². The first-order valence-corrected chi connectivity index (χ1v) is 9.84. The maximum Gasteiger partial charge on any atom is 0.256 e. The van der Waals surface area contributed by atoms with Gasteiger partial charge in [0.15, 0.2) is 11.5 Å². The highest BCUT2D eigenvalue weighted by atomic mass is 32.2. The molecule has 0 fully saturated rings. The van der Waals surface area contributed by atoms with Gasteiger partial charge in [0.2, 0.25) is 5.91 Å². The molecule has 1 aliphatic heterocycles. The molecule has 0 unspecified atom stereocenters. The van der Waals surface area contributed by atoms with E-state index in [0.29, 0.717) is 49.1 Å². The summed E-state index contributed by atoms with van der Waals surface area (Å²) < 4.78 is 15.9. The number of fused-ring (bicyclic) bond motifs is 1. The largest absolute Gasteiger partial charge is 0.486 e. The maximum absolute atomic E-state index is 12.7. The molecule has 1 aliphatic rings. The molecule has 0 saturated heterocycles. The van der Waals surface area contributed by atoms with Crippen LogP contribution in [-0.4, -0.2) is 51.0 Å². The van der Waals surface area contributed by atoms with Gasteiger partial charge >= 0.3 is 0 Å². The summed E-state index contributed by atoms with van der Waals surface area (Å²) in [6.07, 6.45) is 0. The third-order valence-corrected chi connectivity index (χ3v) is 4.99. The van der Waals surface area contributed by atoms with Crippen molar-refractivity contribution in [1.29, 1.82) is 0 Å². The Morgan fingerprint density at radius 1 is 1.11 bits per heavy atom. The highest BCUT2D eigenvalue weighted by Gasteiger charge is 2.16. The molecule has 0 bridgehead atoms. The van der Waals surface area contributed by atoms with Gasteiger partial charge in [-0.2, -0.15) is 0 Å². The average molecular weight is 402 g/mol. The topological polar surface area (TPSA) is 85.9 Å². The van der Waals surface area contributed by atoms with Gasteiger partial charge in [0.1, 0.15) is 13.2 Å². The summed E-state index contributed by atoms with van der Waals surface area (Å²) in [4.78, 5) is 25.4. The predicted molar refractivity (Wildman–Crippen MR) is 107 cm³/mol. The number of amides is 2. The fourth-order valence-corrected chi connectivity index (χ4v) is 3.47. The number of benzene rings is 2. The van der Waals surface area contributed by atoms with E-state index in [2.05, 4.69) is 10.6 Å². The molecule has 0 saturated carbocycles. The first-order valence-electron chi connectivity index (χ1n) is 8.86. The van der Waals surface area contributed by atoms with Gasteiger partial charge in [-0.3, -0.25) is 9.59 Å². The van der Waals surface area contributed by atoms with Crippen molar-refractivity contribution >= 4 is 29.3 Å². The number of thioether (sulfide) groups is 1. The third-order valence-electron chi connectivity index (χ3n) is 3.92. The zero-order valence-corrected chi connectivity index (χ0v) is 16.3. The van der Waals surface area contributed by atoms with Crippen LogP contribution in [0.1, 0.15) is 10.4 Å². The van der Waals surface area contributed by atoms with Gasteiger partial charge < -0.3 is 24.8 Å². The molecule has 0 atom stereocenters. The zero-order valence-electron chi connectivity index (χ0n) is 15.5. The summed E-state index contributed by atoms with van der Waals surface area (Å²) in [5, 5.41) is 5.63. The van der Waals surface area contributed by atoms with Crippen LogP contribution < -0.4 is 20.1 Å². The number of carbonyl (C=O) groups is 2. The van der Waals surface area contributed by atoms with Crippen molar-refractivity contribution in [1.82, 2.24) is 5.32 Å². The molecule has 3 rings (SSSR count). The van der Waals surface area contributed by atoms with Crippen molar-refractivity contribution < 1.29 is 23.8 Å². The van der Waals surface area contributed by atoms with Crippen molar-refractivity contribution in [3.8, 4) is 11.5 Å². The second-order valence-corrected chi connectivity index (χ2v) is 6.96. The molecular formula is C20H22N2O5S. The number of anilines is 1. The Morgan fingerprint density at radius 2 is 1.89 bits per heavy atom. The number of methoxy groups -OCH3 is 1. The van der Waals surface area contributed by atoms with Crippen LogP contribution in [-0.2, 0) is 9.53 Å². The quantitative estimate of drug-likeness (QED) is 0.521. The van der Waals surface area contributed by atoms with E-state index in [4.69, 9.17) is 14.2 Å². The highest BCUT2D eigenvalue weighted by Crippen LogP contribution is 2.33. The van der Waals surface area contributed by atoms with E-state index in [0.717, 1.165) is 4.90 Å². The number of rotatable bonds is 8. The SMILES string of the molecule is COCCNC(=O)CSc1ccccc1C(=O)Nc1ccc2c(c1)OCCO2. The first kappa shape index (κ1) is 20.0. The molecular weight excluding hydrogens is 380 g/mol. The summed E-state index contributed by atoms with van der Waals surface area (Å²) in [5.74, 6) is 1.14. The second kappa shape index (κ2) is 10.0. The van der Waals surface area contributed by atoms with Crippen LogP contribution in [0.25, 0.3) is 0 Å². The lowest BCUT2D eigenvalue weighted by molar-refractivity contribution is -0.118. The molecule has 148 valence electrons. The Bertz CT molecular complexity index is 843. The lowest BCUT2D eigenvalue weighted by Crippen LogP contribution is -2.28. The minimum atomic E-state index is -0.250. The van der Waals surface area contributed by atoms with Gasteiger partial charge in [-0.1, -0.05) is 12.1 Å². The average Bonchev–Trinajstić information content (AvgIpc) is 2.72. The van der Waals surface area contributed by atoms with Crippen molar-refractivity contribution in [3.63, 3.8) is 0 Å². The van der Waals surface area contributed by atoms with Crippen LogP contribution >= 0.6 is 11.8 Å². The lowest BCUT2D eigenvalue weighted by atomic mass is 10.2. The fraction of sp³-hybridized carbons (Fsp3) is 0.300. The van der Waals surface area contributed by atoms with E-state index in [-0.39, 0.29) is 17.6 Å². The van der Waals surface area contributed by atoms with Gasteiger partial charge in [-0.15, -0.1) is 11.8 Å². The molecule has 2 aromatic carbocycles. The zero-order chi connectivity index (χ0) is 19.8. The summed E-state index contributed by atoms with van der Waals surface area (Å²) in [7, 11) is 1.58. The maximum atomic E-state index is 12.7. The Labute approximate surface area is 167 Å². The highest BCUT2D eigenvalue weighted by molar-refractivity contribution is 8.00. The first-order chi connectivity index (χ1) is 13.7. The number of carbonyl (C=O) groups excluding carboxylic acids is 2. The normalized spacial score (nSPS) is 12.3. The van der Waals surface area contributed by atoms with Gasteiger partial charge in [-0.05, 0) is 24.3 Å². The summed E-state index contributed by atoms with van der Waals surface area (Å²) >= 11 is 1.32. The molecule has 2 N–H and O–H groups in total. The fourth-order valence-electron chi connectivity index (χ4n) is 2.59. The number of hydrogen-bond acceptors (Lipinski definition) is 6. The molecule has 0 radical (unpaired) electrons. The van der Waals surface area contributed by atoms with Crippen LogP contribution in [0.2, 0.25) is 0 Å². The van der Waals surface area contributed by atoms with Crippen LogP contribution in [0.3, 0.4) is 0 Å². The molecule has 7 nitrogen and oxygen atoms in total. The molecule has 2 amide bonds. The van der Waals surface area contributed by atoms with E-state index < -0.39 is 0 Å². The van der Waals surface area contributed by atoms with Crippen molar-refractivity contribution in [2.75, 3.05) is 44.5 Å².